The van der Waals surface area contributed by atoms with Crippen molar-refractivity contribution in [1.82, 2.24) is 10.2 Å². The normalized spacial score (nSPS) is 7.90. The van der Waals surface area contributed by atoms with Gasteiger partial charge < -0.3 is 0 Å². The van der Waals surface area contributed by atoms with Gasteiger partial charge in [-0.1, -0.05) is 5.12 Å². The third-order valence-corrected chi connectivity index (χ3v) is 0.598. The Labute approximate surface area is 56.0 Å². The Morgan fingerprint density at radius 3 is 2.30 bits per heavy atom. The van der Waals surface area contributed by atoms with Gasteiger partial charge in [0.05, 0.1) is 0 Å². The number of hydrogen-bond acceptors (Lipinski definition) is 5. The highest BCUT2D eigenvalue weighted by atomic mass is 15.8. The zero-order valence-corrected chi connectivity index (χ0v) is 4.97. The predicted octanol–water partition coefficient (Wildman–Crippen LogP) is -1.63. The van der Waals surface area contributed by atoms with E-state index in [9.17, 15) is 0 Å². The second-order valence-corrected chi connectivity index (χ2v) is 1.25. The highest BCUT2D eigenvalue weighted by molar-refractivity contribution is 5.74. The molecule has 9 nitrogen and oxygen atoms in total. The van der Waals surface area contributed by atoms with E-state index in [0.29, 0.717) is 10.2 Å². The summed E-state index contributed by atoms with van der Waals surface area (Å²) >= 11 is 0. The van der Waals surface area contributed by atoms with Gasteiger partial charge >= 0.3 is 5.96 Å². The van der Waals surface area contributed by atoms with Crippen LogP contribution in [-0.2, 0) is 0 Å². The molecule has 10 heavy (non-hydrogen) atoms. The molecule has 56 valence electrons. The van der Waals surface area contributed by atoms with Crippen LogP contribution in [0.3, 0.4) is 0 Å². The molecule has 0 heterocycles. The number of rotatable bonds is 1. The first-order valence-electron chi connectivity index (χ1n) is 2.07. The van der Waals surface area contributed by atoms with Crippen molar-refractivity contribution in [3.8, 4) is 0 Å². The monoisotopic (exact) mass is 145 g/mol. The van der Waals surface area contributed by atoms with Crippen LogP contribution in [0.4, 0.5) is 0 Å². The van der Waals surface area contributed by atoms with Gasteiger partial charge in [-0.3, -0.25) is 0 Å². The summed E-state index contributed by atoms with van der Waals surface area (Å²) in [5.74, 6) is 14.1. The van der Waals surface area contributed by atoms with Crippen LogP contribution >= 0.6 is 0 Å². The first-order chi connectivity index (χ1) is 4.59. The maximum atomic E-state index is 7.81. The summed E-state index contributed by atoms with van der Waals surface area (Å²) in [6.07, 6.45) is 0. The lowest BCUT2D eigenvalue weighted by Gasteiger charge is -2.12. The first-order valence-corrected chi connectivity index (χ1v) is 2.07. The van der Waals surface area contributed by atoms with Crippen molar-refractivity contribution in [2.45, 2.75) is 0 Å². The molecule has 0 aromatic heterocycles. The molecule has 0 fully saturated rings. The van der Waals surface area contributed by atoms with Crippen LogP contribution < -0.4 is 17.5 Å². The molecule has 0 aliphatic heterocycles. The molecule has 0 saturated carbocycles. The van der Waals surface area contributed by atoms with Gasteiger partial charge in [0.2, 0.25) is 0 Å². The van der Waals surface area contributed by atoms with E-state index in [1.54, 1.807) is 0 Å². The first kappa shape index (κ1) is 8.46. The topological polar surface area (TPSA) is 157 Å². The molecule has 0 unspecified atom stereocenters. The molecular formula is CH7N9. The standard InChI is InChI=1S/CH7N9/c2-1(9(4)5)10(6)8-7-3/h2H,4-6H2. The molecular weight excluding hydrogens is 138 g/mol. The molecule has 0 aliphatic carbocycles. The van der Waals surface area contributed by atoms with Gasteiger partial charge in [0.1, 0.15) is 0 Å². The van der Waals surface area contributed by atoms with Crippen molar-refractivity contribution in [2.24, 2.45) is 22.8 Å². The molecule has 7 N–H and O–H groups in total. The van der Waals surface area contributed by atoms with E-state index in [0.717, 1.165) is 0 Å². The molecule has 0 aliphatic rings. The molecule has 0 aromatic carbocycles. The van der Waals surface area contributed by atoms with Crippen molar-refractivity contribution in [1.29, 1.82) is 5.41 Å². The Hall–Kier alpha value is -1.54. The van der Waals surface area contributed by atoms with E-state index in [4.69, 9.17) is 28.5 Å². The molecule has 0 saturated heterocycles. The number of nitrogens with one attached hydrogen (secondary N) is 1. The molecule has 0 rings (SSSR count). The molecule has 0 bridgehead atoms. The number of nitrogens with zero attached hydrogens (tertiary/aromatic N) is 5. The predicted molar refractivity (Wildman–Crippen MR) is 33.1 cm³/mol. The fraction of sp³-hybridized carbons (Fsp3) is 0. The van der Waals surface area contributed by atoms with Gasteiger partial charge in [0.25, 0.3) is 0 Å². The summed E-state index contributed by atoms with van der Waals surface area (Å²) in [6, 6.07) is 0. The summed E-state index contributed by atoms with van der Waals surface area (Å²) in [5.41, 5.74) is 7.81. The Morgan fingerprint density at radius 1 is 1.50 bits per heavy atom. The van der Waals surface area contributed by atoms with Gasteiger partial charge in [0, 0.05) is 5.22 Å². The summed E-state index contributed by atoms with van der Waals surface area (Å²) in [4.78, 5) is 2.29. The number of hydrogen-bond donors (Lipinski definition) is 4. The zero-order chi connectivity index (χ0) is 8.15. The van der Waals surface area contributed by atoms with E-state index in [-0.39, 0.29) is 0 Å². The Kier molecular flexibility index (Phi) is 2.94. The summed E-state index contributed by atoms with van der Waals surface area (Å²) < 4.78 is 0. The van der Waals surface area contributed by atoms with Crippen molar-refractivity contribution < 1.29 is 0 Å². The Balaban J connectivity index is 4.07. The molecule has 9 heteroatoms. The summed E-state index contributed by atoms with van der Waals surface area (Å²) in [6.45, 7) is 0. The maximum absolute atomic E-state index is 7.81. The lowest BCUT2D eigenvalue weighted by Crippen LogP contribution is -2.51. The van der Waals surface area contributed by atoms with Crippen LogP contribution in [0.5, 0.6) is 0 Å². The van der Waals surface area contributed by atoms with Gasteiger partial charge in [-0.05, 0) is 0 Å². The highest BCUT2D eigenvalue weighted by Gasteiger charge is 2.10. The van der Waals surface area contributed by atoms with E-state index in [1.165, 1.54) is 0 Å². The minimum Gasteiger partial charge on any atom is -0.243 e. The van der Waals surface area contributed by atoms with Crippen LogP contribution in [-0.4, -0.2) is 16.2 Å². The molecule has 0 amide bonds. The van der Waals surface area contributed by atoms with Crippen molar-refractivity contribution >= 4 is 5.96 Å². The van der Waals surface area contributed by atoms with E-state index >= 15 is 0 Å². The molecule has 0 aromatic rings. The van der Waals surface area contributed by atoms with Crippen LogP contribution in [0.2, 0.25) is 0 Å². The second kappa shape index (κ2) is 3.48. The van der Waals surface area contributed by atoms with E-state index in [2.05, 4.69) is 10.1 Å². The maximum Gasteiger partial charge on any atom is 0.341 e. The molecule has 0 radical (unpaired) electrons. The summed E-state index contributed by atoms with van der Waals surface area (Å²) in [7, 11) is 0. The smallest absolute Gasteiger partial charge is 0.243 e. The highest BCUT2D eigenvalue weighted by Crippen LogP contribution is 1.81. The second-order valence-electron chi connectivity index (χ2n) is 1.25. The van der Waals surface area contributed by atoms with E-state index in [1.807, 2.05) is 0 Å². The van der Waals surface area contributed by atoms with Crippen molar-refractivity contribution in [3.63, 3.8) is 0 Å². The Morgan fingerprint density at radius 2 is 2.00 bits per heavy atom. The van der Waals surface area contributed by atoms with Crippen molar-refractivity contribution in [3.05, 3.63) is 10.4 Å². The lowest BCUT2D eigenvalue weighted by atomic mass is 11.0. The summed E-state index contributed by atoms with van der Waals surface area (Å²) in [5, 5.41) is 10.5. The molecule has 0 atom stereocenters. The van der Waals surface area contributed by atoms with Gasteiger partial charge in [0.15, 0.2) is 0 Å². The fourth-order valence-corrected chi connectivity index (χ4v) is 0.204. The Bertz CT molecular complexity index is 162. The number of azide groups is 1. The van der Waals surface area contributed by atoms with Gasteiger partial charge in [-0.25, -0.2) is 17.1 Å². The third-order valence-electron chi connectivity index (χ3n) is 0.598. The minimum atomic E-state index is -0.516. The SMILES string of the molecule is [N-]=[N+]=NN(N)C(=N)N(N)N. The minimum absolute atomic E-state index is 0.389. The van der Waals surface area contributed by atoms with Crippen LogP contribution in [0, 0.1) is 5.41 Å². The van der Waals surface area contributed by atoms with Gasteiger partial charge in [-0.15, -0.1) is 5.53 Å². The lowest BCUT2D eigenvalue weighted by molar-refractivity contribution is 0.337. The average molecular weight is 145 g/mol. The van der Waals surface area contributed by atoms with Crippen LogP contribution in [0.15, 0.2) is 5.22 Å². The number of hydrazine groups is 3. The quantitative estimate of drug-likeness (QED) is 0.0662. The van der Waals surface area contributed by atoms with Crippen LogP contribution in [0.25, 0.3) is 10.4 Å². The fourth-order valence-electron chi connectivity index (χ4n) is 0.204. The van der Waals surface area contributed by atoms with E-state index < -0.39 is 5.96 Å². The van der Waals surface area contributed by atoms with Crippen molar-refractivity contribution in [2.75, 3.05) is 0 Å². The van der Waals surface area contributed by atoms with Gasteiger partial charge in [-0.2, -0.15) is 15.9 Å². The van der Waals surface area contributed by atoms with Crippen LogP contribution in [0.1, 0.15) is 0 Å². The zero-order valence-electron chi connectivity index (χ0n) is 4.97. The third kappa shape index (κ3) is 2.15. The largest absolute Gasteiger partial charge is 0.341 e. The average Bonchev–Trinajstić information content (AvgIpc) is 1.87. The number of nitrogens with two attached hydrogens (primary N) is 3. The molecule has 0 spiro atoms. The number of guanidine groups is 1.